The molecule has 3 heterocycles. The maximum absolute atomic E-state index is 13.6. The van der Waals surface area contributed by atoms with Crippen LogP contribution in [0.4, 0.5) is 4.39 Å². The number of morpholine rings is 1. The zero-order chi connectivity index (χ0) is 22.9. The fraction of sp³-hybridized carbons (Fsp3) is 0.208. The largest absolute Gasteiger partial charge is 0.378 e. The van der Waals surface area contributed by atoms with Gasteiger partial charge in [-0.3, -0.25) is 13.6 Å². The highest BCUT2D eigenvalue weighted by Gasteiger charge is 2.21. The van der Waals surface area contributed by atoms with Gasteiger partial charge in [0.1, 0.15) is 5.82 Å². The standard InChI is InChI=1S/C24H21FN4O3S/c1-33(31)22-15-29(24-26-13-18(14-27-24)16-3-2-4-19(25)11-16)21-12-17(5-6-20(21)22)23(30)28-7-9-32-10-8-28/h2-6,11-15H,7-10H2,1H3. The molecule has 1 amide bonds. The molecule has 1 unspecified atom stereocenters. The van der Waals surface area contributed by atoms with Gasteiger partial charge in [-0.25, -0.2) is 14.4 Å². The molecule has 0 bridgehead atoms. The van der Waals surface area contributed by atoms with E-state index in [1.54, 1.807) is 58.6 Å². The van der Waals surface area contributed by atoms with E-state index in [-0.39, 0.29) is 11.7 Å². The van der Waals surface area contributed by atoms with Gasteiger partial charge in [-0.2, -0.15) is 0 Å². The number of halogens is 1. The van der Waals surface area contributed by atoms with Gasteiger partial charge in [-0.1, -0.05) is 18.2 Å². The van der Waals surface area contributed by atoms with E-state index in [0.29, 0.717) is 59.4 Å². The van der Waals surface area contributed by atoms with Crippen LogP contribution in [0.15, 0.2) is 66.0 Å². The number of aromatic nitrogens is 3. The number of carbonyl (C=O) groups is 1. The molecule has 1 atom stereocenters. The van der Waals surface area contributed by atoms with Gasteiger partial charge in [0.25, 0.3) is 5.91 Å². The Kier molecular flexibility index (Phi) is 5.74. The second-order valence-electron chi connectivity index (χ2n) is 7.74. The summed E-state index contributed by atoms with van der Waals surface area (Å²) in [6.07, 6.45) is 6.59. The van der Waals surface area contributed by atoms with Crippen LogP contribution < -0.4 is 0 Å². The third kappa shape index (κ3) is 4.17. The first-order valence-electron chi connectivity index (χ1n) is 10.5. The van der Waals surface area contributed by atoms with Gasteiger partial charge in [0.05, 0.1) is 34.4 Å². The first-order chi connectivity index (χ1) is 16.0. The molecule has 7 nitrogen and oxygen atoms in total. The number of hydrogen-bond donors (Lipinski definition) is 0. The minimum Gasteiger partial charge on any atom is -0.378 e. The van der Waals surface area contributed by atoms with Gasteiger partial charge in [0, 0.05) is 54.4 Å². The average Bonchev–Trinajstić information content (AvgIpc) is 3.23. The molecule has 33 heavy (non-hydrogen) atoms. The summed E-state index contributed by atoms with van der Waals surface area (Å²) in [5.74, 6) is -0.0390. The van der Waals surface area contributed by atoms with Crippen molar-refractivity contribution >= 4 is 27.6 Å². The Labute approximate surface area is 192 Å². The second-order valence-corrected chi connectivity index (χ2v) is 9.08. The van der Waals surface area contributed by atoms with Crippen LogP contribution in [-0.2, 0) is 15.5 Å². The lowest BCUT2D eigenvalue weighted by Gasteiger charge is -2.26. The van der Waals surface area contributed by atoms with E-state index in [2.05, 4.69) is 9.97 Å². The maximum atomic E-state index is 13.6. The van der Waals surface area contributed by atoms with Gasteiger partial charge >= 0.3 is 0 Å². The van der Waals surface area contributed by atoms with Crippen molar-refractivity contribution in [3.63, 3.8) is 0 Å². The predicted octanol–water partition coefficient (Wildman–Crippen LogP) is 3.44. The van der Waals surface area contributed by atoms with Crippen LogP contribution in [0.1, 0.15) is 10.4 Å². The summed E-state index contributed by atoms with van der Waals surface area (Å²) in [5.41, 5.74) is 2.58. The Morgan fingerprint density at radius 1 is 1.06 bits per heavy atom. The van der Waals surface area contributed by atoms with Crippen molar-refractivity contribution in [2.75, 3.05) is 32.6 Å². The molecule has 0 N–H and O–H groups in total. The Morgan fingerprint density at radius 2 is 1.82 bits per heavy atom. The lowest BCUT2D eigenvalue weighted by atomic mass is 10.1. The number of carbonyl (C=O) groups excluding carboxylic acids is 1. The number of benzene rings is 2. The van der Waals surface area contributed by atoms with Crippen LogP contribution in [0.2, 0.25) is 0 Å². The summed E-state index contributed by atoms with van der Waals surface area (Å²) in [7, 11) is -1.24. The zero-order valence-corrected chi connectivity index (χ0v) is 18.7. The first-order valence-corrected chi connectivity index (χ1v) is 12.0. The number of hydrogen-bond acceptors (Lipinski definition) is 5. The van der Waals surface area contributed by atoms with Gasteiger partial charge in [0.15, 0.2) is 0 Å². The Balaban J connectivity index is 1.56. The van der Waals surface area contributed by atoms with Gasteiger partial charge < -0.3 is 9.64 Å². The molecule has 2 aromatic carbocycles. The van der Waals surface area contributed by atoms with Crippen LogP contribution in [0, 0.1) is 5.82 Å². The summed E-state index contributed by atoms with van der Waals surface area (Å²) in [5, 5.41) is 0.771. The Morgan fingerprint density at radius 3 is 2.52 bits per heavy atom. The van der Waals surface area contributed by atoms with E-state index in [1.807, 2.05) is 6.07 Å². The quantitative estimate of drug-likeness (QED) is 0.463. The minimum atomic E-state index is -1.24. The number of ether oxygens (including phenoxy) is 1. The van der Waals surface area contributed by atoms with E-state index in [9.17, 15) is 13.4 Å². The third-order valence-corrected chi connectivity index (χ3v) is 6.58. The van der Waals surface area contributed by atoms with Gasteiger partial charge in [-0.05, 0) is 29.8 Å². The van der Waals surface area contributed by atoms with Crippen molar-refractivity contribution in [1.29, 1.82) is 0 Å². The van der Waals surface area contributed by atoms with Crippen molar-refractivity contribution in [2.45, 2.75) is 4.90 Å². The fourth-order valence-electron chi connectivity index (χ4n) is 3.93. The average molecular weight is 465 g/mol. The number of nitrogens with zero attached hydrogens (tertiary/aromatic N) is 4. The van der Waals surface area contributed by atoms with Crippen molar-refractivity contribution in [3.8, 4) is 17.1 Å². The van der Waals surface area contributed by atoms with Gasteiger partial charge in [-0.15, -0.1) is 0 Å². The predicted molar refractivity (Wildman–Crippen MR) is 123 cm³/mol. The van der Waals surface area contributed by atoms with E-state index in [4.69, 9.17) is 4.74 Å². The molecule has 1 aliphatic rings. The fourth-order valence-corrected chi connectivity index (χ4v) is 4.67. The van der Waals surface area contributed by atoms with Crippen LogP contribution in [0.25, 0.3) is 28.0 Å². The molecule has 0 aliphatic carbocycles. The van der Waals surface area contributed by atoms with E-state index in [1.165, 1.54) is 12.1 Å². The molecule has 0 spiro atoms. The number of fused-ring (bicyclic) bond motifs is 1. The second kappa shape index (κ2) is 8.84. The summed E-state index contributed by atoms with van der Waals surface area (Å²) in [6.45, 7) is 2.14. The highest BCUT2D eigenvalue weighted by molar-refractivity contribution is 7.84. The third-order valence-electron chi connectivity index (χ3n) is 5.64. The van der Waals surface area contributed by atoms with E-state index < -0.39 is 10.8 Å². The van der Waals surface area contributed by atoms with E-state index >= 15 is 0 Å². The number of rotatable bonds is 4. The molecule has 168 valence electrons. The molecular weight excluding hydrogens is 443 g/mol. The summed E-state index contributed by atoms with van der Waals surface area (Å²) < 4.78 is 33.0. The molecule has 4 aromatic rings. The van der Waals surface area contributed by atoms with Crippen LogP contribution >= 0.6 is 0 Å². The molecule has 0 saturated carbocycles. The first kappa shape index (κ1) is 21.4. The maximum Gasteiger partial charge on any atom is 0.254 e. The lowest BCUT2D eigenvalue weighted by molar-refractivity contribution is 0.0303. The zero-order valence-electron chi connectivity index (χ0n) is 17.9. The van der Waals surface area contributed by atoms with Gasteiger partial charge in [0.2, 0.25) is 5.95 Å². The van der Waals surface area contributed by atoms with Crippen molar-refractivity contribution in [1.82, 2.24) is 19.4 Å². The van der Waals surface area contributed by atoms with Crippen molar-refractivity contribution < 1.29 is 18.1 Å². The summed E-state index contributed by atoms with van der Waals surface area (Å²) in [6, 6.07) is 11.6. The highest BCUT2D eigenvalue weighted by atomic mass is 32.2. The van der Waals surface area contributed by atoms with Crippen LogP contribution in [0.3, 0.4) is 0 Å². The monoisotopic (exact) mass is 464 g/mol. The Hall–Kier alpha value is -3.43. The number of amides is 1. The normalized spacial score (nSPS) is 15.0. The smallest absolute Gasteiger partial charge is 0.254 e. The molecule has 1 fully saturated rings. The SMILES string of the molecule is CS(=O)c1cn(-c2ncc(-c3cccc(F)c3)cn2)c2cc(C(=O)N3CCOCC3)ccc12. The van der Waals surface area contributed by atoms with Crippen LogP contribution in [-0.4, -0.2) is 62.1 Å². The summed E-state index contributed by atoms with van der Waals surface area (Å²) in [4.78, 5) is 24.3. The van der Waals surface area contributed by atoms with Crippen LogP contribution in [0.5, 0.6) is 0 Å². The molecule has 1 aliphatic heterocycles. The van der Waals surface area contributed by atoms with Crippen molar-refractivity contribution in [2.24, 2.45) is 0 Å². The molecule has 9 heteroatoms. The Bertz CT molecular complexity index is 1360. The molecule has 0 radical (unpaired) electrons. The molecule has 5 rings (SSSR count). The van der Waals surface area contributed by atoms with E-state index in [0.717, 1.165) is 5.39 Å². The lowest BCUT2D eigenvalue weighted by Crippen LogP contribution is -2.40. The summed E-state index contributed by atoms with van der Waals surface area (Å²) >= 11 is 0. The molecular formula is C24H21FN4O3S. The molecule has 1 saturated heterocycles. The van der Waals surface area contributed by atoms with Crippen molar-refractivity contribution in [3.05, 3.63) is 72.4 Å². The topological polar surface area (TPSA) is 77.3 Å². The minimum absolute atomic E-state index is 0.0745. The molecule has 2 aromatic heterocycles. The highest BCUT2D eigenvalue weighted by Crippen LogP contribution is 2.28.